The van der Waals surface area contributed by atoms with E-state index in [9.17, 15) is 8.78 Å². The van der Waals surface area contributed by atoms with Crippen LogP contribution in [0.25, 0.3) is 0 Å². The highest BCUT2D eigenvalue weighted by atomic mass is 35.5. The molecule has 0 aliphatic heterocycles. The van der Waals surface area contributed by atoms with Crippen LogP contribution < -0.4 is 0 Å². The maximum Gasteiger partial charge on any atom is 0.358 e. The molecule has 0 spiro atoms. The van der Waals surface area contributed by atoms with Gasteiger partial charge in [-0.1, -0.05) is 22.9 Å². The van der Waals surface area contributed by atoms with Crippen LogP contribution in [0.5, 0.6) is 0 Å². The van der Waals surface area contributed by atoms with Crippen molar-refractivity contribution in [3.8, 4) is 0 Å². The third-order valence-electron chi connectivity index (χ3n) is 0.757. The Bertz CT molecular complexity index is 231. The van der Waals surface area contributed by atoms with E-state index in [4.69, 9.17) is 11.6 Å². The fourth-order valence-electron chi connectivity index (χ4n) is 0.384. The molecule has 0 atom stereocenters. The van der Waals surface area contributed by atoms with E-state index in [-0.39, 0.29) is 9.34 Å². The molecule has 6 heteroatoms. The number of alkyl halides is 3. The van der Waals surface area contributed by atoms with Crippen molar-refractivity contribution in [2.45, 2.75) is 5.38 Å². The number of aromatic nitrogens is 1. The molecule has 0 unspecified atom stereocenters. The quantitative estimate of drug-likeness (QED) is 0.640. The lowest BCUT2D eigenvalue weighted by atomic mass is 10.6. The molecule has 56 valence electrons. The summed E-state index contributed by atoms with van der Waals surface area (Å²) in [6.07, 6.45) is 0.958. The number of halogens is 4. The molecule has 0 fully saturated rings. The summed E-state index contributed by atoms with van der Waals surface area (Å²) in [6, 6.07) is 0. The second-order valence-corrected chi connectivity index (χ2v) is 3.56. The summed E-state index contributed by atoms with van der Waals surface area (Å²) in [5, 5.41) is -3.34. The zero-order valence-electron chi connectivity index (χ0n) is 4.44. The van der Waals surface area contributed by atoms with Crippen molar-refractivity contribution >= 4 is 34.5 Å². The lowest BCUT2D eigenvalue weighted by Gasteiger charge is -2.00. The summed E-state index contributed by atoms with van der Waals surface area (Å²) in [7, 11) is 0. The van der Waals surface area contributed by atoms with Crippen molar-refractivity contribution in [1.82, 2.24) is 4.98 Å². The van der Waals surface area contributed by atoms with E-state index in [0.717, 1.165) is 6.20 Å². The van der Waals surface area contributed by atoms with E-state index in [0.29, 0.717) is 11.3 Å². The van der Waals surface area contributed by atoms with Crippen LogP contribution in [0.15, 0.2) is 6.20 Å². The van der Waals surface area contributed by atoms with Crippen molar-refractivity contribution in [3.63, 3.8) is 0 Å². The second kappa shape index (κ2) is 2.60. The molecule has 0 radical (unpaired) electrons. The first kappa shape index (κ1) is 8.17. The normalized spacial score (nSPS) is 12.0. The fraction of sp³-hybridized carbons (Fsp3) is 0.250. The van der Waals surface area contributed by atoms with Gasteiger partial charge in [-0.3, -0.25) is 0 Å². The zero-order chi connectivity index (χ0) is 7.78. The summed E-state index contributed by atoms with van der Waals surface area (Å²) in [6.45, 7) is 0. The van der Waals surface area contributed by atoms with Gasteiger partial charge in [0.25, 0.3) is 0 Å². The maximum absolute atomic E-state index is 12.1. The molecule has 0 amide bonds. The number of hydrogen-bond donors (Lipinski definition) is 0. The smallest absolute Gasteiger partial charge is 0.233 e. The highest BCUT2D eigenvalue weighted by molar-refractivity contribution is 7.16. The van der Waals surface area contributed by atoms with E-state index in [2.05, 4.69) is 16.6 Å². The highest BCUT2D eigenvalue weighted by Crippen LogP contribution is 2.36. The van der Waals surface area contributed by atoms with Crippen LogP contribution >= 0.6 is 34.5 Å². The van der Waals surface area contributed by atoms with Crippen LogP contribution in [-0.2, 0) is 5.38 Å². The van der Waals surface area contributed by atoms with E-state index in [1.54, 1.807) is 0 Å². The van der Waals surface area contributed by atoms with E-state index >= 15 is 0 Å². The standard InChI is InChI=1S/C4HCl2F2NS/c5-3-9-1-2(10-3)4(6,7)8/h1H. The first-order valence-electron chi connectivity index (χ1n) is 2.18. The molecule has 1 aromatic heterocycles. The van der Waals surface area contributed by atoms with Gasteiger partial charge >= 0.3 is 5.38 Å². The van der Waals surface area contributed by atoms with Gasteiger partial charge in [-0.2, -0.15) is 8.78 Å². The average Bonchev–Trinajstić information content (AvgIpc) is 2.11. The summed E-state index contributed by atoms with van der Waals surface area (Å²) < 4.78 is 24.4. The number of hydrogen-bond acceptors (Lipinski definition) is 2. The number of rotatable bonds is 1. The predicted molar refractivity (Wildman–Crippen MR) is 36.9 cm³/mol. The van der Waals surface area contributed by atoms with Gasteiger partial charge in [0.2, 0.25) is 0 Å². The van der Waals surface area contributed by atoms with Gasteiger partial charge < -0.3 is 0 Å². The maximum atomic E-state index is 12.1. The summed E-state index contributed by atoms with van der Waals surface area (Å²) in [5.41, 5.74) is 0. The minimum absolute atomic E-state index is 0.0651. The van der Waals surface area contributed by atoms with Crippen LogP contribution in [-0.4, -0.2) is 4.98 Å². The molecule has 0 saturated heterocycles. The van der Waals surface area contributed by atoms with E-state index in [1.165, 1.54) is 0 Å². The molecule has 0 saturated carbocycles. The van der Waals surface area contributed by atoms with Crippen molar-refractivity contribution in [2.75, 3.05) is 0 Å². The summed E-state index contributed by atoms with van der Waals surface area (Å²) in [4.78, 5) is 3.07. The van der Waals surface area contributed by atoms with Gasteiger partial charge in [-0.15, -0.1) is 0 Å². The summed E-state index contributed by atoms with van der Waals surface area (Å²) in [5.74, 6) is 0. The molecule has 0 N–H and O–H groups in total. The van der Waals surface area contributed by atoms with Crippen LogP contribution in [0.3, 0.4) is 0 Å². The molecule has 0 aromatic carbocycles. The lowest BCUT2D eigenvalue weighted by molar-refractivity contribution is 0.0991. The molecule has 1 aromatic rings. The van der Waals surface area contributed by atoms with Gasteiger partial charge in [-0.05, 0) is 11.6 Å². The molecule has 1 rings (SSSR count). The Morgan fingerprint density at radius 1 is 1.60 bits per heavy atom. The molecule has 0 aliphatic carbocycles. The third kappa shape index (κ3) is 1.78. The van der Waals surface area contributed by atoms with Crippen LogP contribution in [0, 0.1) is 0 Å². The van der Waals surface area contributed by atoms with E-state index < -0.39 is 5.38 Å². The van der Waals surface area contributed by atoms with Gasteiger partial charge in [0.1, 0.15) is 4.88 Å². The molecule has 1 nitrogen and oxygen atoms in total. The number of nitrogens with zero attached hydrogens (tertiary/aromatic N) is 1. The van der Waals surface area contributed by atoms with Crippen molar-refractivity contribution in [3.05, 3.63) is 15.5 Å². The summed E-state index contributed by atoms with van der Waals surface area (Å²) >= 11 is 10.6. The van der Waals surface area contributed by atoms with E-state index in [1.807, 2.05) is 0 Å². The first-order valence-corrected chi connectivity index (χ1v) is 3.76. The third-order valence-corrected chi connectivity index (χ3v) is 2.26. The Kier molecular flexibility index (Phi) is 2.12. The minimum Gasteiger partial charge on any atom is -0.233 e. The Morgan fingerprint density at radius 2 is 2.20 bits per heavy atom. The van der Waals surface area contributed by atoms with Gasteiger partial charge in [-0.25, -0.2) is 4.98 Å². The zero-order valence-corrected chi connectivity index (χ0v) is 6.77. The Balaban J connectivity index is 2.96. The lowest BCUT2D eigenvalue weighted by Crippen LogP contribution is -1.98. The van der Waals surface area contributed by atoms with Crippen molar-refractivity contribution < 1.29 is 8.78 Å². The van der Waals surface area contributed by atoms with Gasteiger partial charge in [0, 0.05) is 0 Å². The average molecular weight is 204 g/mol. The second-order valence-electron chi connectivity index (χ2n) is 1.48. The van der Waals surface area contributed by atoms with Crippen molar-refractivity contribution in [2.24, 2.45) is 0 Å². The minimum atomic E-state index is -3.34. The largest absolute Gasteiger partial charge is 0.358 e. The SMILES string of the molecule is FC(F)(Cl)c1cnc(Cl)s1. The van der Waals surface area contributed by atoms with Crippen LogP contribution in [0.1, 0.15) is 4.88 Å². The molecular formula is C4HCl2F2NS. The number of thiazole rings is 1. The van der Waals surface area contributed by atoms with Crippen molar-refractivity contribution in [1.29, 1.82) is 0 Å². The monoisotopic (exact) mass is 203 g/mol. The molecule has 0 bridgehead atoms. The highest BCUT2D eigenvalue weighted by Gasteiger charge is 2.30. The Labute approximate surface area is 69.6 Å². The fourth-order valence-corrected chi connectivity index (χ4v) is 1.35. The first-order chi connectivity index (χ1) is 4.50. The topological polar surface area (TPSA) is 12.9 Å². The predicted octanol–water partition coefficient (Wildman–Crippen LogP) is 3.08. The molecule has 1 heterocycles. The van der Waals surface area contributed by atoms with Gasteiger partial charge in [0.05, 0.1) is 6.20 Å². The molecular weight excluding hydrogens is 203 g/mol. The van der Waals surface area contributed by atoms with Crippen LogP contribution in [0.4, 0.5) is 8.78 Å². The van der Waals surface area contributed by atoms with Crippen LogP contribution in [0.2, 0.25) is 4.47 Å². The molecule has 10 heavy (non-hydrogen) atoms. The Hall–Kier alpha value is 0.0700. The van der Waals surface area contributed by atoms with Gasteiger partial charge in [0.15, 0.2) is 4.47 Å². The Morgan fingerprint density at radius 3 is 2.40 bits per heavy atom. The molecule has 0 aliphatic rings.